The van der Waals surface area contributed by atoms with Gasteiger partial charge in [0.25, 0.3) is 5.56 Å². The zero-order valence-electron chi connectivity index (χ0n) is 8.37. The van der Waals surface area contributed by atoms with Gasteiger partial charge in [0.05, 0.1) is 6.20 Å². The van der Waals surface area contributed by atoms with E-state index in [0.29, 0.717) is 10.0 Å². The van der Waals surface area contributed by atoms with Crippen molar-refractivity contribution in [2.75, 3.05) is 0 Å². The molecule has 0 fully saturated rings. The Kier molecular flexibility index (Phi) is 3.02. The molecule has 0 unspecified atom stereocenters. The predicted molar refractivity (Wildman–Crippen MR) is 62.7 cm³/mol. The molecular formula is C11H5BrFN3O. The molecule has 0 aliphatic rings. The molecule has 2 rings (SSSR count). The number of hydrogen-bond donors (Lipinski definition) is 1. The molecular weight excluding hydrogens is 289 g/mol. The van der Waals surface area contributed by atoms with E-state index in [1.807, 2.05) is 0 Å². The summed E-state index contributed by atoms with van der Waals surface area (Å²) in [4.78, 5) is 17.7. The highest BCUT2D eigenvalue weighted by molar-refractivity contribution is 9.10. The van der Waals surface area contributed by atoms with Crippen molar-refractivity contribution in [1.29, 1.82) is 5.26 Å². The average Bonchev–Trinajstić information content (AvgIpc) is 2.27. The van der Waals surface area contributed by atoms with E-state index in [9.17, 15) is 9.18 Å². The number of aromatic nitrogens is 2. The van der Waals surface area contributed by atoms with E-state index in [1.54, 1.807) is 12.1 Å². The second kappa shape index (κ2) is 4.47. The summed E-state index contributed by atoms with van der Waals surface area (Å²) in [5.41, 5.74) is -0.194. The van der Waals surface area contributed by atoms with Gasteiger partial charge in [0.15, 0.2) is 0 Å². The van der Waals surface area contributed by atoms with Crippen molar-refractivity contribution < 1.29 is 4.39 Å². The van der Waals surface area contributed by atoms with Gasteiger partial charge in [-0.15, -0.1) is 0 Å². The van der Waals surface area contributed by atoms with Crippen molar-refractivity contribution in [2.24, 2.45) is 0 Å². The third-order valence-electron chi connectivity index (χ3n) is 2.06. The number of nitriles is 1. The minimum absolute atomic E-state index is 0.0794. The minimum atomic E-state index is -0.544. The molecule has 84 valence electrons. The highest BCUT2D eigenvalue weighted by atomic mass is 79.9. The number of aromatic amines is 1. The summed E-state index contributed by atoms with van der Waals surface area (Å²) in [7, 11) is 0. The van der Waals surface area contributed by atoms with Crippen molar-refractivity contribution in [3.05, 3.63) is 50.6 Å². The molecule has 0 saturated carbocycles. The topological polar surface area (TPSA) is 69.5 Å². The number of nitrogens with one attached hydrogen (secondary N) is 1. The molecule has 4 nitrogen and oxygen atoms in total. The van der Waals surface area contributed by atoms with Crippen LogP contribution in [0.15, 0.2) is 33.7 Å². The Morgan fingerprint density at radius 1 is 1.41 bits per heavy atom. The fourth-order valence-corrected chi connectivity index (χ4v) is 1.78. The van der Waals surface area contributed by atoms with E-state index >= 15 is 0 Å². The summed E-state index contributed by atoms with van der Waals surface area (Å²) >= 11 is 3.14. The Morgan fingerprint density at radius 2 is 2.18 bits per heavy atom. The first-order chi connectivity index (χ1) is 8.10. The van der Waals surface area contributed by atoms with Crippen molar-refractivity contribution in [2.45, 2.75) is 0 Å². The number of halogens is 2. The number of H-pyrrole nitrogens is 1. The Hall–Kier alpha value is -2.00. The maximum Gasteiger partial charge on any atom is 0.269 e. The molecule has 0 radical (unpaired) electrons. The molecule has 0 spiro atoms. The molecule has 0 bridgehead atoms. The van der Waals surface area contributed by atoms with E-state index in [2.05, 4.69) is 25.9 Å². The van der Waals surface area contributed by atoms with Crippen LogP contribution in [0.3, 0.4) is 0 Å². The maximum atomic E-state index is 13.2. The lowest BCUT2D eigenvalue weighted by molar-refractivity contribution is 0.627. The molecule has 2 aromatic rings. The molecule has 1 aromatic carbocycles. The monoisotopic (exact) mass is 293 g/mol. The number of nitrogens with zero attached hydrogens (tertiary/aromatic N) is 2. The summed E-state index contributed by atoms with van der Waals surface area (Å²) in [6.07, 6.45) is 1.16. The molecule has 0 aliphatic heterocycles. The standard InChI is InChI=1S/C11H5BrFN3O/c12-8-1-6(2-9(13)3-8)10-15-5-7(4-14)11(17)16-10/h1-3,5H,(H,15,16,17). The number of rotatable bonds is 1. The van der Waals surface area contributed by atoms with Gasteiger partial charge in [0, 0.05) is 10.0 Å². The third-order valence-corrected chi connectivity index (χ3v) is 2.51. The van der Waals surface area contributed by atoms with Crippen molar-refractivity contribution in [3.63, 3.8) is 0 Å². The number of benzene rings is 1. The first-order valence-electron chi connectivity index (χ1n) is 4.56. The van der Waals surface area contributed by atoms with Gasteiger partial charge in [-0.25, -0.2) is 9.37 Å². The van der Waals surface area contributed by atoms with E-state index in [0.717, 1.165) is 6.20 Å². The van der Waals surface area contributed by atoms with Crippen LogP contribution in [-0.4, -0.2) is 9.97 Å². The molecule has 0 atom stereocenters. The average molecular weight is 294 g/mol. The molecule has 1 heterocycles. The lowest BCUT2D eigenvalue weighted by Gasteiger charge is -2.01. The smallest absolute Gasteiger partial charge is 0.269 e. The lowest BCUT2D eigenvalue weighted by Crippen LogP contribution is -2.12. The molecule has 0 aliphatic carbocycles. The van der Waals surface area contributed by atoms with Crippen molar-refractivity contribution >= 4 is 15.9 Å². The van der Waals surface area contributed by atoms with Crippen LogP contribution in [0.25, 0.3) is 11.4 Å². The van der Waals surface area contributed by atoms with Crippen molar-refractivity contribution in [3.8, 4) is 17.5 Å². The summed E-state index contributed by atoms with van der Waals surface area (Å²) < 4.78 is 13.7. The van der Waals surface area contributed by atoms with E-state index in [1.165, 1.54) is 12.1 Å². The molecule has 1 N–H and O–H groups in total. The van der Waals surface area contributed by atoms with Crippen LogP contribution in [0.5, 0.6) is 0 Å². The molecule has 17 heavy (non-hydrogen) atoms. The second-order valence-electron chi connectivity index (χ2n) is 3.24. The van der Waals surface area contributed by atoms with Crippen LogP contribution in [0, 0.1) is 17.1 Å². The third kappa shape index (κ3) is 2.40. The Labute approximate surface area is 104 Å². The minimum Gasteiger partial charge on any atom is -0.305 e. The molecule has 1 aromatic heterocycles. The van der Waals surface area contributed by atoms with Crippen LogP contribution < -0.4 is 5.56 Å². The van der Waals surface area contributed by atoms with Gasteiger partial charge in [0.2, 0.25) is 0 Å². The van der Waals surface area contributed by atoms with Gasteiger partial charge < -0.3 is 4.98 Å². The van der Waals surface area contributed by atoms with E-state index in [4.69, 9.17) is 5.26 Å². The number of hydrogen-bond acceptors (Lipinski definition) is 3. The summed E-state index contributed by atoms with van der Waals surface area (Å²) in [6, 6.07) is 5.87. The van der Waals surface area contributed by atoms with E-state index < -0.39 is 11.4 Å². The summed E-state index contributed by atoms with van der Waals surface area (Å²) in [5, 5.41) is 8.59. The van der Waals surface area contributed by atoms with Gasteiger partial charge in [-0.05, 0) is 18.2 Å². The van der Waals surface area contributed by atoms with Crippen LogP contribution in [-0.2, 0) is 0 Å². The van der Waals surface area contributed by atoms with Crippen LogP contribution >= 0.6 is 15.9 Å². The lowest BCUT2D eigenvalue weighted by atomic mass is 10.2. The normalized spacial score (nSPS) is 9.94. The quantitative estimate of drug-likeness (QED) is 0.876. The fraction of sp³-hybridized carbons (Fsp3) is 0. The summed E-state index contributed by atoms with van der Waals surface area (Å²) in [6.45, 7) is 0. The highest BCUT2D eigenvalue weighted by Gasteiger charge is 2.06. The first kappa shape index (κ1) is 11.5. The fourth-order valence-electron chi connectivity index (χ4n) is 1.31. The van der Waals surface area contributed by atoms with Crippen molar-refractivity contribution in [1.82, 2.24) is 9.97 Å². The van der Waals surface area contributed by atoms with Gasteiger partial charge in [-0.3, -0.25) is 4.79 Å². The summed E-state index contributed by atoms with van der Waals surface area (Å²) in [5.74, 6) is -0.226. The van der Waals surface area contributed by atoms with Gasteiger partial charge >= 0.3 is 0 Å². The zero-order valence-corrected chi connectivity index (χ0v) is 9.95. The SMILES string of the molecule is N#Cc1cnc(-c2cc(F)cc(Br)c2)[nH]c1=O. The predicted octanol–water partition coefficient (Wildman–Crippen LogP) is 2.21. The van der Waals surface area contributed by atoms with Gasteiger partial charge in [-0.1, -0.05) is 15.9 Å². The molecule has 0 saturated heterocycles. The maximum absolute atomic E-state index is 13.2. The second-order valence-corrected chi connectivity index (χ2v) is 4.16. The molecule has 6 heteroatoms. The zero-order chi connectivity index (χ0) is 12.4. The Morgan fingerprint density at radius 3 is 2.76 bits per heavy atom. The van der Waals surface area contributed by atoms with Crippen LogP contribution in [0.4, 0.5) is 4.39 Å². The van der Waals surface area contributed by atoms with Crippen LogP contribution in [0.1, 0.15) is 5.56 Å². The van der Waals surface area contributed by atoms with Gasteiger partial charge in [0.1, 0.15) is 23.3 Å². The Bertz CT molecular complexity index is 655. The first-order valence-corrected chi connectivity index (χ1v) is 5.35. The van der Waals surface area contributed by atoms with Gasteiger partial charge in [-0.2, -0.15) is 5.26 Å². The largest absolute Gasteiger partial charge is 0.305 e. The van der Waals surface area contributed by atoms with E-state index in [-0.39, 0.29) is 11.4 Å². The van der Waals surface area contributed by atoms with Crippen LogP contribution in [0.2, 0.25) is 0 Å². The highest BCUT2D eigenvalue weighted by Crippen LogP contribution is 2.21. The molecule has 0 amide bonds. The Balaban J connectivity index is 2.58.